The molecule has 14 heavy (non-hydrogen) atoms. The molecule has 0 aliphatic rings. The number of aliphatic carboxylic acids is 1. The Balaban J connectivity index is 4.64. The lowest BCUT2D eigenvalue weighted by Gasteiger charge is -2.27. The van der Waals surface area contributed by atoms with Crippen LogP contribution in [0.4, 0.5) is 0 Å². The van der Waals surface area contributed by atoms with Crippen LogP contribution < -0.4 is 5.32 Å². The first-order chi connectivity index (χ1) is 6.34. The van der Waals surface area contributed by atoms with Gasteiger partial charge in [-0.25, -0.2) is 0 Å². The Morgan fingerprint density at radius 3 is 2.36 bits per heavy atom. The van der Waals surface area contributed by atoms with Gasteiger partial charge in [0.15, 0.2) is 6.19 Å². The quantitative estimate of drug-likeness (QED) is 0.514. The number of nitrogens with zero attached hydrogens (tertiary/aromatic N) is 1. The van der Waals surface area contributed by atoms with E-state index in [4.69, 9.17) is 10.4 Å². The second-order valence-electron chi connectivity index (χ2n) is 3.71. The lowest BCUT2D eigenvalue weighted by Crippen LogP contribution is -2.38. The van der Waals surface area contributed by atoms with Crippen molar-refractivity contribution in [2.24, 2.45) is 11.3 Å². The summed E-state index contributed by atoms with van der Waals surface area (Å²) in [6.45, 7) is 4.96. The molecule has 0 aromatic carbocycles. The summed E-state index contributed by atoms with van der Waals surface area (Å²) >= 11 is 0. The van der Waals surface area contributed by atoms with Crippen LogP contribution >= 0.6 is 0 Å². The van der Waals surface area contributed by atoms with Crippen molar-refractivity contribution in [1.82, 2.24) is 5.32 Å². The highest BCUT2D eigenvalue weighted by Gasteiger charge is 2.38. The Hall–Kier alpha value is -1.57. The molecule has 0 saturated carbocycles. The molecule has 0 fully saturated rings. The monoisotopic (exact) mass is 198 g/mol. The third kappa shape index (κ3) is 2.73. The highest BCUT2D eigenvalue weighted by Crippen LogP contribution is 2.31. The predicted molar refractivity (Wildman–Crippen MR) is 49.0 cm³/mol. The molecular formula is C9H14N2O3. The van der Waals surface area contributed by atoms with E-state index >= 15 is 0 Å². The molecule has 0 aromatic rings. The zero-order chi connectivity index (χ0) is 11.4. The molecule has 2 N–H and O–H groups in total. The van der Waals surface area contributed by atoms with Crippen LogP contribution in [0.25, 0.3) is 0 Å². The maximum absolute atomic E-state index is 11.1. The van der Waals surface area contributed by atoms with Crippen LogP contribution in [-0.2, 0) is 9.59 Å². The largest absolute Gasteiger partial charge is 0.481 e. The Morgan fingerprint density at radius 1 is 1.57 bits per heavy atom. The lowest BCUT2D eigenvalue weighted by atomic mass is 9.76. The molecule has 5 nitrogen and oxygen atoms in total. The molecule has 78 valence electrons. The summed E-state index contributed by atoms with van der Waals surface area (Å²) < 4.78 is 0. The first kappa shape index (κ1) is 12.4. The average molecular weight is 198 g/mol. The molecule has 1 amide bonds. The number of carboxylic acids is 1. The van der Waals surface area contributed by atoms with Gasteiger partial charge in [-0.05, 0) is 12.8 Å². The van der Waals surface area contributed by atoms with Crippen molar-refractivity contribution < 1.29 is 14.7 Å². The Labute approximate surface area is 82.7 Å². The Kier molecular flexibility index (Phi) is 4.09. The number of amides is 1. The van der Waals surface area contributed by atoms with Gasteiger partial charge in [0.25, 0.3) is 0 Å². The predicted octanol–water partition coefficient (Wildman–Crippen LogP) is 0.721. The van der Waals surface area contributed by atoms with Gasteiger partial charge in [-0.1, -0.05) is 13.8 Å². The number of nitrogens with one attached hydrogen (secondary N) is 1. The maximum Gasteiger partial charge on any atom is 0.310 e. The molecular weight excluding hydrogens is 184 g/mol. The molecule has 5 heteroatoms. The van der Waals surface area contributed by atoms with E-state index in [1.807, 2.05) is 5.32 Å². The number of carbonyl (C=O) groups is 2. The van der Waals surface area contributed by atoms with Gasteiger partial charge in [0.1, 0.15) is 0 Å². The standard InChI is InChI=1S/C9H14N2O3/c1-6(2)9(3,8(13)14)4-7(12)11-5-10/h6H,4H2,1-3H3,(H,11,12)(H,13,14). The van der Waals surface area contributed by atoms with Crippen molar-refractivity contribution in [3.05, 3.63) is 0 Å². The number of nitriles is 1. The van der Waals surface area contributed by atoms with Gasteiger partial charge in [0, 0.05) is 6.42 Å². The van der Waals surface area contributed by atoms with E-state index in [0.29, 0.717) is 0 Å². The molecule has 0 rings (SSSR count). The van der Waals surface area contributed by atoms with Crippen LogP contribution in [0.2, 0.25) is 0 Å². The summed E-state index contributed by atoms with van der Waals surface area (Å²) in [6.07, 6.45) is 1.29. The van der Waals surface area contributed by atoms with Crippen LogP contribution in [0.3, 0.4) is 0 Å². The SMILES string of the molecule is CC(C)C(C)(CC(=O)NC#N)C(=O)O. The number of hydrogen-bond acceptors (Lipinski definition) is 3. The fourth-order valence-corrected chi connectivity index (χ4v) is 0.967. The van der Waals surface area contributed by atoms with E-state index in [1.165, 1.54) is 13.1 Å². The summed E-state index contributed by atoms with van der Waals surface area (Å²) in [5.41, 5.74) is -1.12. The summed E-state index contributed by atoms with van der Waals surface area (Å²) in [4.78, 5) is 22.0. The Bertz CT molecular complexity index is 280. The van der Waals surface area contributed by atoms with Gasteiger partial charge in [-0.2, -0.15) is 5.26 Å². The summed E-state index contributed by atoms with van der Waals surface area (Å²) in [5.74, 6) is -1.77. The minimum Gasteiger partial charge on any atom is -0.481 e. The van der Waals surface area contributed by atoms with Gasteiger partial charge in [0.05, 0.1) is 5.41 Å². The molecule has 0 aliphatic heterocycles. The fourth-order valence-electron chi connectivity index (χ4n) is 0.967. The number of carboxylic acid groups (broad SMARTS) is 1. The topological polar surface area (TPSA) is 90.2 Å². The summed E-state index contributed by atoms with van der Waals surface area (Å²) in [7, 11) is 0. The van der Waals surface area contributed by atoms with E-state index < -0.39 is 17.3 Å². The van der Waals surface area contributed by atoms with Crippen LogP contribution in [0.15, 0.2) is 0 Å². The first-order valence-electron chi connectivity index (χ1n) is 4.26. The molecule has 1 atom stereocenters. The molecule has 0 aromatic heterocycles. The Morgan fingerprint density at radius 2 is 2.07 bits per heavy atom. The normalized spacial score (nSPS) is 14.2. The summed E-state index contributed by atoms with van der Waals surface area (Å²) in [6, 6.07) is 0. The summed E-state index contributed by atoms with van der Waals surface area (Å²) in [5, 5.41) is 19.1. The minimum absolute atomic E-state index is 0.176. The molecule has 0 saturated heterocycles. The van der Waals surface area contributed by atoms with Crippen molar-refractivity contribution in [3.8, 4) is 6.19 Å². The lowest BCUT2D eigenvalue weighted by molar-refractivity contribution is -0.153. The third-order valence-corrected chi connectivity index (χ3v) is 2.49. The third-order valence-electron chi connectivity index (χ3n) is 2.49. The maximum atomic E-state index is 11.1. The van der Waals surface area contributed by atoms with Crippen molar-refractivity contribution in [2.45, 2.75) is 27.2 Å². The zero-order valence-corrected chi connectivity index (χ0v) is 8.50. The second kappa shape index (κ2) is 4.61. The van der Waals surface area contributed by atoms with Gasteiger partial charge >= 0.3 is 5.97 Å². The molecule has 0 bridgehead atoms. The van der Waals surface area contributed by atoms with Gasteiger partial charge in [-0.15, -0.1) is 0 Å². The fraction of sp³-hybridized carbons (Fsp3) is 0.667. The van der Waals surface area contributed by atoms with Gasteiger partial charge in [0.2, 0.25) is 5.91 Å². The highest BCUT2D eigenvalue weighted by atomic mass is 16.4. The number of carbonyl (C=O) groups excluding carboxylic acids is 1. The van der Waals surface area contributed by atoms with E-state index in [0.717, 1.165) is 0 Å². The van der Waals surface area contributed by atoms with Crippen molar-refractivity contribution in [3.63, 3.8) is 0 Å². The molecule has 0 spiro atoms. The van der Waals surface area contributed by atoms with Crippen LogP contribution in [-0.4, -0.2) is 17.0 Å². The van der Waals surface area contributed by atoms with E-state index in [1.54, 1.807) is 13.8 Å². The molecule has 1 unspecified atom stereocenters. The van der Waals surface area contributed by atoms with E-state index in [2.05, 4.69) is 0 Å². The number of rotatable bonds is 4. The van der Waals surface area contributed by atoms with E-state index in [9.17, 15) is 9.59 Å². The zero-order valence-electron chi connectivity index (χ0n) is 8.50. The minimum atomic E-state index is -1.12. The first-order valence-corrected chi connectivity index (χ1v) is 4.26. The van der Waals surface area contributed by atoms with E-state index in [-0.39, 0.29) is 12.3 Å². The molecule has 0 radical (unpaired) electrons. The van der Waals surface area contributed by atoms with Crippen molar-refractivity contribution >= 4 is 11.9 Å². The molecule has 0 heterocycles. The van der Waals surface area contributed by atoms with Crippen molar-refractivity contribution in [2.75, 3.05) is 0 Å². The second-order valence-corrected chi connectivity index (χ2v) is 3.71. The van der Waals surface area contributed by atoms with Crippen molar-refractivity contribution in [1.29, 1.82) is 5.26 Å². The molecule has 0 aliphatic carbocycles. The van der Waals surface area contributed by atoms with Gasteiger partial charge in [-0.3, -0.25) is 14.9 Å². The smallest absolute Gasteiger partial charge is 0.310 e. The van der Waals surface area contributed by atoms with Crippen LogP contribution in [0.1, 0.15) is 27.2 Å². The van der Waals surface area contributed by atoms with Gasteiger partial charge < -0.3 is 5.11 Å². The average Bonchev–Trinajstić information content (AvgIpc) is 2.03. The highest BCUT2D eigenvalue weighted by molar-refractivity contribution is 5.85. The number of hydrogen-bond donors (Lipinski definition) is 2. The van der Waals surface area contributed by atoms with Crippen LogP contribution in [0.5, 0.6) is 0 Å². The van der Waals surface area contributed by atoms with Crippen LogP contribution in [0, 0.1) is 22.8 Å².